The largest absolute Gasteiger partial charge is 0.448 e. The first kappa shape index (κ1) is 24.1. The van der Waals surface area contributed by atoms with Crippen molar-refractivity contribution in [1.82, 2.24) is 4.90 Å². The highest BCUT2D eigenvalue weighted by Crippen LogP contribution is 2.45. The minimum atomic E-state index is -0.303. The standard InChI is InChI=1S/C34H31NO4/c1-21-14-15-22-8-2-3-9-26(22)32(21)33(36)23-16-24-18-38-19-25(17-23)35(24)34(37)39-20-31-29-12-6-4-10-27(29)28-11-5-7-13-30(28)31/h2-15,23-25,31H,16-20H2,1H3. The summed E-state index contributed by atoms with van der Waals surface area (Å²) in [7, 11) is 0. The second-order valence-corrected chi connectivity index (χ2v) is 11.1. The first-order valence-corrected chi connectivity index (χ1v) is 13.8. The predicted molar refractivity (Wildman–Crippen MR) is 151 cm³/mol. The van der Waals surface area contributed by atoms with Crippen molar-refractivity contribution in [2.24, 2.45) is 5.92 Å². The van der Waals surface area contributed by atoms with Gasteiger partial charge in [0.05, 0.1) is 25.3 Å². The van der Waals surface area contributed by atoms with E-state index < -0.39 is 0 Å². The van der Waals surface area contributed by atoms with Gasteiger partial charge in [-0.2, -0.15) is 0 Å². The molecule has 2 atom stereocenters. The molecular formula is C34H31NO4. The average Bonchev–Trinajstić information content (AvgIpc) is 3.28. The SMILES string of the molecule is Cc1ccc2ccccc2c1C(=O)C1CC2COCC(C1)N2C(=O)OCC1c2ccccc2-c2ccccc21. The highest BCUT2D eigenvalue weighted by Gasteiger charge is 2.45. The van der Waals surface area contributed by atoms with Gasteiger partial charge in [0.15, 0.2) is 5.78 Å². The van der Waals surface area contributed by atoms with Crippen molar-refractivity contribution in [3.8, 4) is 11.1 Å². The van der Waals surface area contributed by atoms with E-state index in [-0.39, 0.29) is 35.8 Å². The number of carbonyl (C=O) groups is 2. The minimum absolute atomic E-state index is 0.0193. The highest BCUT2D eigenvalue weighted by atomic mass is 16.6. The van der Waals surface area contributed by atoms with Crippen LogP contribution in [0.2, 0.25) is 0 Å². The van der Waals surface area contributed by atoms with Gasteiger partial charge in [0.1, 0.15) is 6.61 Å². The second-order valence-electron chi connectivity index (χ2n) is 11.1. The van der Waals surface area contributed by atoms with Crippen LogP contribution < -0.4 is 0 Å². The number of piperidine rings is 1. The van der Waals surface area contributed by atoms with Gasteiger partial charge in [-0.3, -0.25) is 9.69 Å². The molecule has 2 unspecified atom stereocenters. The Hall–Kier alpha value is -3.96. The van der Waals surface area contributed by atoms with Crippen LogP contribution in [0.1, 0.15) is 45.8 Å². The van der Waals surface area contributed by atoms with E-state index >= 15 is 0 Å². The van der Waals surface area contributed by atoms with Crippen LogP contribution in [0.5, 0.6) is 0 Å². The number of nitrogens with zero attached hydrogens (tertiary/aromatic N) is 1. The lowest BCUT2D eigenvalue weighted by molar-refractivity contribution is -0.0747. The van der Waals surface area contributed by atoms with Crippen molar-refractivity contribution >= 4 is 22.6 Å². The number of aryl methyl sites for hydroxylation is 1. The zero-order chi connectivity index (χ0) is 26.5. The third-order valence-electron chi connectivity index (χ3n) is 8.82. The van der Waals surface area contributed by atoms with Crippen molar-refractivity contribution in [3.05, 3.63) is 107 Å². The van der Waals surface area contributed by atoms with E-state index in [1.54, 1.807) is 0 Å². The fraction of sp³-hybridized carbons (Fsp3) is 0.294. The third kappa shape index (κ3) is 4.04. The Bertz CT molecular complexity index is 1530. The molecule has 0 saturated carbocycles. The molecule has 2 aliphatic heterocycles. The summed E-state index contributed by atoms with van der Waals surface area (Å²) in [5, 5.41) is 2.08. The molecule has 2 fully saturated rings. The van der Waals surface area contributed by atoms with Crippen molar-refractivity contribution < 1.29 is 19.1 Å². The predicted octanol–water partition coefficient (Wildman–Crippen LogP) is 6.76. The second kappa shape index (κ2) is 9.65. The minimum Gasteiger partial charge on any atom is -0.448 e. The Morgan fingerprint density at radius 3 is 2.13 bits per heavy atom. The van der Waals surface area contributed by atoms with Gasteiger partial charge in [0.25, 0.3) is 0 Å². The van der Waals surface area contributed by atoms with Crippen LogP contribution in [0.3, 0.4) is 0 Å². The lowest BCUT2D eigenvalue weighted by Crippen LogP contribution is -2.60. The number of ether oxygens (including phenoxy) is 2. The summed E-state index contributed by atoms with van der Waals surface area (Å²) < 4.78 is 11.9. The maximum absolute atomic E-state index is 13.9. The molecule has 39 heavy (non-hydrogen) atoms. The van der Waals surface area contributed by atoms with Crippen molar-refractivity contribution in [2.45, 2.75) is 37.8 Å². The Morgan fingerprint density at radius 2 is 1.44 bits per heavy atom. The molecule has 5 heteroatoms. The smallest absolute Gasteiger partial charge is 0.410 e. The van der Waals surface area contributed by atoms with Gasteiger partial charge in [-0.15, -0.1) is 0 Å². The van der Waals surface area contributed by atoms with E-state index in [0.717, 1.165) is 21.9 Å². The quantitative estimate of drug-likeness (QED) is 0.281. The topological polar surface area (TPSA) is 55.8 Å². The van der Waals surface area contributed by atoms with Gasteiger partial charge in [-0.25, -0.2) is 4.79 Å². The van der Waals surface area contributed by atoms with E-state index in [4.69, 9.17) is 9.47 Å². The number of ketones is 1. The van der Waals surface area contributed by atoms with Crippen LogP contribution in [0.4, 0.5) is 4.79 Å². The summed E-state index contributed by atoms with van der Waals surface area (Å²) in [4.78, 5) is 29.3. The third-order valence-corrected chi connectivity index (χ3v) is 8.82. The maximum atomic E-state index is 13.9. The zero-order valence-corrected chi connectivity index (χ0v) is 22.0. The van der Waals surface area contributed by atoms with Gasteiger partial charge >= 0.3 is 6.09 Å². The Balaban J connectivity index is 1.09. The van der Waals surface area contributed by atoms with Crippen LogP contribution in [0.25, 0.3) is 21.9 Å². The van der Waals surface area contributed by atoms with Gasteiger partial charge < -0.3 is 9.47 Å². The number of fused-ring (bicyclic) bond motifs is 6. The number of amides is 1. The number of rotatable bonds is 4. The molecule has 0 radical (unpaired) electrons. The van der Waals surface area contributed by atoms with Gasteiger partial charge in [-0.1, -0.05) is 84.9 Å². The summed E-state index contributed by atoms with van der Waals surface area (Å²) in [5.74, 6) is 0.0466. The molecule has 3 aliphatic rings. The Morgan fingerprint density at radius 1 is 0.821 bits per heavy atom. The normalized spacial score (nSPS) is 21.9. The molecule has 0 aromatic heterocycles. The summed E-state index contributed by atoms with van der Waals surface area (Å²) in [6, 6.07) is 28.6. The van der Waals surface area contributed by atoms with Gasteiger partial charge in [-0.05, 0) is 58.4 Å². The maximum Gasteiger partial charge on any atom is 0.410 e. The fourth-order valence-corrected chi connectivity index (χ4v) is 7.01. The van der Waals surface area contributed by atoms with E-state index in [0.29, 0.717) is 32.7 Å². The molecule has 2 heterocycles. The van der Waals surface area contributed by atoms with Crippen molar-refractivity contribution in [1.29, 1.82) is 0 Å². The van der Waals surface area contributed by atoms with Crippen LogP contribution in [0, 0.1) is 12.8 Å². The molecule has 1 aliphatic carbocycles. The number of hydrogen-bond acceptors (Lipinski definition) is 4. The average molecular weight is 518 g/mol. The zero-order valence-electron chi connectivity index (χ0n) is 22.0. The lowest BCUT2D eigenvalue weighted by atomic mass is 9.79. The summed E-state index contributed by atoms with van der Waals surface area (Å²) in [6.07, 6.45) is 0.868. The first-order chi connectivity index (χ1) is 19.1. The number of carbonyl (C=O) groups excluding carboxylic acids is 2. The van der Waals surface area contributed by atoms with E-state index in [1.807, 2.05) is 54.3 Å². The molecule has 5 nitrogen and oxygen atoms in total. The lowest BCUT2D eigenvalue weighted by Gasteiger charge is -2.47. The molecule has 196 valence electrons. The monoisotopic (exact) mass is 517 g/mol. The molecule has 4 aromatic carbocycles. The molecule has 7 rings (SSSR count). The summed E-state index contributed by atoms with van der Waals surface area (Å²) >= 11 is 0. The van der Waals surface area contributed by atoms with Crippen LogP contribution in [-0.2, 0) is 9.47 Å². The molecule has 2 bridgehead atoms. The van der Waals surface area contributed by atoms with Crippen LogP contribution in [-0.4, -0.2) is 48.7 Å². The molecule has 2 saturated heterocycles. The summed E-state index contributed by atoms with van der Waals surface area (Å²) in [5.41, 5.74) is 6.63. The van der Waals surface area contributed by atoms with E-state index in [9.17, 15) is 9.59 Å². The highest BCUT2D eigenvalue weighted by molar-refractivity contribution is 6.10. The molecule has 1 amide bonds. The number of Topliss-reactive ketones (excluding diaryl/α,β-unsaturated/α-hetero) is 1. The Kier molecular flexibility index (Phi) is 5.97. The summed E-state index contributed by atoms with van der Waals surface area (Å²) in [6.45, 7) is 3.16. The Labute approximate surface area is 228 Å². The first-order valence-electron chi connectivity index (χ1n) is 13.8. The van der Waals surface area contributed by atoms with Gasteiger partial charge in [0.2, 0.25) is 0 Å². The van der Waals surface area contributed by atoms with Gasteiger partial charge in [0, 0.05) is 17.4 Å². The number of morpholine rings is 1. The van der Waals surface area contributed by atoms with Crippen LogP contribution in [0.15, 0.2) is 84.9 Å². The van der Waals surface area contributed by atoms with Crippen LogP contribution >= 0.6 is 0 Å². The number of hydrogen-bond donors (Lipinski definition) is 0. The van der Waals surface area contributed by atoms with E-state index in [1.165, 1.54) is 22.3 Å². The van der Waals surface area contributed by atoms with Crippen molar-refractivity contribution in [2.75, 3.05) is 19.8 Å². The van der Waals surface area contributed by atoms with E-state index in [2.05, 4.69) is 42.5 Å². The molecule has 0 N–H and O–H groups in total. The number of benzene rings is 4. The molecular weight excluding hydrogens is 486 g/mol. The van der Waals surface area contributed by atoms with Crippen molar-refractivity contribution in [3.63, 3.8) is 0 Å². The fourth-order valence-electron chi connectivity index (χ4n) is 7.01. The molecule has 4 aromatic rings. The molecule has 0 spiro atoms.